The summed E-state index contributed by atoms with van der Waals surface area (Å²) in [4.78, 5) is 19.6. The summed E-state index contributed by atoms with van der Waals surface area (Å²) in [7, 11) is 1.56. The molecule has 0 bridgehead atoms. The summed E-state index contributed by atoms with van der Waals surface area (Å²) in [5.74, 6) is 0.954. The molecule has 1 atom stereocenters. The first kappa shape index (κ1) is 18.4. The third-order valence-electron chi connectivity index (χ3n) is 5.40. The predicted molar refractivity (Wildman–Crippen MR) is 111 cm³/mol. The zero-order valence-corrected chi connectivity index (χ0v) is 16.1. The van der Waals surface area contributed by atoms with Gasteiger partial charge in [-0.15, -0.1) is 0 Å². The molecule has 28 heavy (non-hydrogen) atoms. The van der Waals surface area contributed by atoms with Crippen molar-refractivity contribution in [3.05, 3.63) is 71.8 Å². The number of carbonyl (C=O) groups is 1. The van der Waals surface area contributed by atoms with E-state index < -0.39 is 0 Å². The number of benzene rings is 2. The predicted octanol–water partition coefficient (Wildman–Crippen LogP) is 3.46. The summed E-state index contributed by atoms with van der Waals surface area (Å²) < 4.78 is 5.25. The molecule has 0 saturated carbocycles. The summed E-state index contributed by atoms with van der Waals surface area (Å²) in [5.41, 5.74) is 2.77. The van der Waals surface area contributed by atoms with E-state index in [1.54, 1.807) is 13.2 Å². The second kappa shape index (κ2) is 8.40. The standard InChI is InChI=1S/C23H25N3O2/c1-28-22-15-20(19-9-5-6-10-21(19)25-22)23(27)24-12-14-26-13-11-18(16-26)17-7-3-2-4-8-17/h2-10,15,18H,11-14,16H2,1H3,(H,24,27)/t18-/m0/s1. The molecule has 3 aromatic rings. The van der Waals surface area contributed by atoms with Gasteiger partial charge in [0.1, 0.15) is 0 Å². The fourth-order valence-corrected chi connectivity index (χ4v) is 3.90. The van der Waals surface area contributed by atoms with E-state index in [-0.39, 0.29) is 5.91 Å². The van der Waals surface area contributed by atoms with Crippen LogP contribution in [-0.2, 0) is 0 Å². The number of hydrogen-bond acceptors (Lipinski definition) is 4. The highest BCUT2D eigenvalue weighted by atomic mass is 16.5. The highest BCUT2D eigenvalue weighted by molar-refractivity contribution is 6.06. The Morgan fingerprint density at radius 1 is 1.18 bits per heavy atom. The first-order valence-corrected chi connectivity index (χ1v) is 9.74. The van der Waals surface area contributed by atoms with Gasteiger partial charge < -0.3 is 15.0 Å². The smallest absolute Gasteiger partial charge is 0.252 e. The van der Waals surface area contributed by atoms with Crippen molar-refractivity contribution in [3.8, 4) is 5.88 Å². The molecule has 0 aliphatic carbocycles. The van der Waals surface area contributed by atoms with Crippen molar-refractivity contribution in [2.75, 3.05) is 33.3 Å². The maximum Gasteiger partial charge on any atom is 0.252 e. The van der Waals surface area contributed by atoms with Crippen LogP contribution in [0.15, 0.2) is 60.7 Å². The molecule has 2 heterocycles. The summed E-state index contributed by atoms with van der Waals surface area (Å²) >= 11 is 0. The molecule has 1 aliphatic heterocycles. The highest BCUT2D eigenvalue weighted by Gasteiger charge is 2.23. The molecular formula is C23H25N3O2. The number of hydrogen-bond donors (Lipinski definition) is 1. The first-order chi connectivity index (χ1) is 13.7. The van der Waals surface area contributed by atoms with Crippen LogP contribution in [-0.4, -0.2) is 49.1 Å². The average Bonchev–Trinajstić information content (AvgIpc) is 3.22. The van der Waals surface area contributed by atoms with Gasteiger partial charge in [0.05, 0.1) is 18.2 Å². The van der Waals surface area contributed by atoms with Gasteiger partial charge in [-0.1, -0.05) is 48.5 Å². The van der Waals surface area contributed by atoms with E-state index in [0.717, 1.165) is 30.5 Å². The number of para-hydroxylation sites is 1. The lowest BCUT2D eigenvalue weighted by atomic mass is 9.99. The van der Waals surface area contributed by atoms with Gasteiger partial charge in [0.15, 0.2) is 0 Å². The Balaban J connectivity index is 1.36. The maximum atomic E-state index is 12.8. The topological polar surface area (TPSA) is 54.5 Å². The van der Waals surface area contributed by atoms with Crippen molar-refractivity contribution in [2.24, 2.45) is 0 Å². The van der Waals surface area contributed by atoms with Gasteiger partial charge in [0, 0.05) is 31.1 Å². The molecule has 1 amide bonds. The third-order valence-corrected chi connectivity index (χ3v) is 5.40. The number of methoxy groups -OCH3 is 1. The Labute approximate surface area is 165 Å². The fourth-order valence-electron chi connectivity index (χ4n) is 3.90. The van der Waals surface area contributed by atoms with Gasteiger partial charge in [-0.25, -0.2) is 4.98 Å². The van der Waals surface area contributed by atoms with Crippen molar-refractivity contribution in [2.45, 2.75) is 12.3 Å². The van der Waals surface area contributed by atoms with Crippen molar-refractivity contribution in [3.63, 3.8) is 0 Å². The molecule has 0 unspecified atom stereocenters. The zero-order valence-electron chi connectivity index (χ0n) is 16.1. The Hall–Kier alpha value is -2.92. The summed E-state index contributed by atoms with van der Waals surface area (Å²) in [6.07, 6.45) is 1.17. The minimum Gasteiger partial charge on any atom is -0.481 e. The zero-order chi connectivity index (χ0) is 19.3. The molecule has 2 aromatic carbocycles. The number of fused-ring (bicyclic) bond motifs is 1. The molecule has 0 radical (unpaired) electrons. The van der Waals surface area contributed by atoms with Gasteiger partial charge in [0.2, 0.25) is 5.88 Å². The van der Waals surface area contributed by atoms with Crippen LogP contribution >= 0.6 is 0 Å². The fraction of sp³-hybridized carbons (Fsp3) is 0.304. The lowest BCUT2D eigenvalue weighted by molar-refractivity contribution is 0.0951. The van der Waals surface area contributed by atoms with Crippen LogP contribution in [0.3, 0.4) is 0 Å². The number of nitrogens with one attached hydrogen (secondary N) is 1. The Kier molecular flexibility index (Phi) is 5.53. The molecule has 5 heteroatoms. The molecule has 1 aliphatic rings. The van der Waals surface area contributed by atoms with Crippen molar-refractivity contribution < 1.29 is 9.53 Å². The molecule has 0 spiro atoms. The number of rotatable bonds is 6. The van der Waals surface area contributed by atoms with E-state index in [1.165, 1.54) is 12.0 Å². The average molecular weight is 375 g/mol. The minimum atomic E-state index is -0.0873. The van der Waals surface area contributed by atoms with Crippen LogP contribution in [0.25, 0.3) is 10.9 Å². The lowest BCUT2D eigenvalue weighted by Gasteiger charge is -2.17. The molecule has 1 saturated heterocycles. The SMILES string of the molecule is COc1cc(C(=O)NCCN2CC[C@H](c3ccccc3)C2)c2ccccc2n1. The normalized spacial score (nSPS) is 17.0. The second-order valence-electron chi connectivity index (χ2n) is 7.18. The van der Waals surface area contributed by atoms with Crippen LogP contribution in [0.4, 0.5) is 0 Å². The number of carbonyl (C=O) groups excluding carboxylic acids is 1. The number of aromatic nitrogens is 1. The Bertz CT molecular complexity index is 958. The first-order valence-electron chi connectivity index (χ1n) is 9.74. The van der Waals surface area contributed by atoms with E-state index in [2.05, 4.69) is 45.5 Å². The minimum absolute atomic E-state index is 0.0873. The molecule has 4 rings (SSSR count). The van der Waals surface area contributed by atoms with E-state index >= 15 is 0 Å². The van der Waals surface area contributed by atoms with E-state index in [9.17, 15) is 4.79 Å². The number of likely N-dealkylation sites (tertiary alicyclic amines) is 1. The molecule has 1 aromatic heterocycles. The van der Waals surface area contributed by atoms with E-state index in [4.69, 9.17) is 4.74 Å². The number of pyridine rings is 1. The Morgan fingerprint density at radius 2 is 1.96 bits per heavy atom. The van der Waals surface area contributed by atoms with E-state index in [1.807, 2.05) is 24.3 Å². The maximum absolute atomic E-state index is 12.8. The molecule has 1 N–H and O–H groups in total. The van der Waals surface area contributed by atoms with Crippen LogP contribution in [0.2, 0.25) is 0 Å². The summed E-state index contributed by atoms with van der Waals surface area (Å²) in [5, 5.41) is 3.90. The van der Waals surface area contributed by atoms with Crippen molar-refractivity contribution in [1.29, 1.82) is 0 Å². The molecule has 5 nitrogen and oxygen atoms in total. The monoisotopic (exact) mass is 375 g/mol. The van der Waals surface area contributed by atoms with Crippen molar-refractivity contribution >= 4 is 16.8 Å². The molecular weight excluding hydrogens is 350 g/mol. The van der Waals surface area contributed by atoms with Crippen LogP contribution < -0.4 is 10.1 Å². The summed E-state index contributed by atoms with van der Waals surface area (Å²) in [6, 6.07) is 20.0. The van der Waals surface area contributed by atoms with Crippen LogP contribution in [0.5, 0.6) is 5.88 Å². The largest absolute Gasteiger partial charge is 0.481 e. The second-order valence-corrected chi connectivity index (χ2v) is 7.18. The van der Waals surface area contributed by atoms with Crippen molar-refractivity contribution in [1.82, 2.24) is 15.2 Å². The number of nitrogens with zero attached hydrogens (tertiary/aromatic N) is 2. The van der Waals surface area contributed by atoms with Gasteiger partial charge in [-0.3, -0.25) is 4.79 Å². The van der Waals surface area contributed by atoms with Crippen LogP contribution in [0.1, 0.15) is 28.3 Å². The lowest BCUT2D eigenvalue weighted by Crippen LogP contribution is -2.34. The molecule has 1 fully saturated rings. The number of amides is 1. The number of ether oxygens (including phenoxy) is 1. The molecule has 144 valence electrons. The van der Waals surface area contributed by atoms with Gasteiger partial charge >= 0.3 is 0 Å². The van der Waals surface area contributed by atoms with Crippen LogP contribution in [0, 0.1) is 0 Å². The van der Waals surface area contributed by atoms with Gasteiger partial charge in [-0.05, 0) is 30.5 Å². The Morgan fingerprint density at radius 3 is 2.79 bits per heavy atom. The quantitative estimate of drug-likeness (QED) is 0.717. The van der Waals surface area contributed by atoms with Gasteiger partial charge in [0.25, 0.3) is 5.91 Å². The van der Waals surface area contributed by atoms with Gasteiger partial charge in [-0.2, -0.15) is 0 Å². The van der Waals surface area contributed by atoms with E-state index in [0.29, 0.717) is 23.9 Å². The highest BCUT2D eigenvalue weighted by Crippen LogP contribution is 2.26. The third kappa shape index (κ3) is 3.99. The summed E-state index contributed by atoms with van der Waals surface area (Å²) in [6.45, 7) is 3.60.